The van der Waals surface area contributed by atoms with Crippen LogP contribution in [0.3, 0.4) is 0 Å². The number of carbonyl (C=O) groups excluding carboxylic acids is 1. The highest BCUT2D eigenvalue weighted by Gasteiger charge is 2.16. The molecule has 0 atom stereocenters. The van der Waals surface area contributed by atoms with E-state index >= 15 is 0 Å². The van der Waals surface area contributed by atoms with Crippen molar-refractivity contribution in [2.24, 2.45) is 0 Å². The van der Waals surface area contributed by atoms with Gasteiger partial charge in [0.2, 0.25) is 5.91 Å². The third kappa shape index (κ3) is 5.57. The van der Waals surface area contributed by atoms with Crippen molar-refractivity contribution in [1.82, 2.24) is 10.3 Å². The molecule has 3 rings (SSSR count). The van der Waals surface area contributed by atoms with Gasteiger partial charge in [0, 0.05) is 37.8 Å². The van der Waals surface area contributed by atoms with Crippen LogP contribution in [0.2, 0.25) is 0 Å². The van der Waals surface area contributed by atoms with Crippen molar-refractivity contribution in [2.75, 3.05) is 18.0 Å². The maximum absolute atomic E-state index is 12.4. The van der Waals surface area contributed by atoms with Crippen LogP contribution in [0.5, 0.6) is 0 Å². The van der Waals surface area contributed by atoms with Gasteiger partial charge < -0.3 is 10.2 Å². The molecule has 4 nitrogen and oxygen atoms in total. The predicted molar refractivity (Wildman–Crippen MR) is 116 cm³/mol. The van der Waals surface area contributed by atoms with Gasteiger partial charge in [0.15, 0.2) is 0 Å². The second-order valence-corrected chi connectivity index (χ2v) is 8.76. The molecule has 2 heterocycles. The molecular formula is C24H33N3O. The molecular weight excluding hydrogens is 346 g/mol. The fourth-order valence-corrected chi connectivity index (χ4v) is 3.67. The Morgan fingerprint density at radius 2 is 1.79 bits per heavy atom. The first kappa shape index (κ1) is 20.4. The molecule has 1 aliphatic heterocycles. The van der Waals surface area contributed by atoms with Gasteiger partial charge in [-0.25, -0.2) is 4.98 Å². The summed E-state index contributed by atoms with van der Waals surface area (Å²) in [7, 11) is 0. The Hall–Kier alpha value is -2.36. The van der Waals surface area contributed by atoms with E-state index in [1.54, 1.807) is 0 Å². The zero-order valence-electron chi connectivity index (χ0n) is 17.5. The summed E-state index contributed by atoms with van der Waals surface area (Å²) in [6.07, 6.45) is 6.85. The smallest absolute Gasteiger partial charge is 0.220 e. The van der Waals surface area contributed by atoms with Crippen molar-refractivity contribution < 1.29 is 4.79 Å². The van der Waals surface area contributed by atoms with Crippen LogP contribution < -0.4 is 10.2 Å². The van der Waals surface area contributed by atoms with E-state index in [0.717, 1.165) is 30.9 Å². The molecule has 1 N–H and O–H groups in total. The van der Waals surface area contributed by atoms with Crippen LogP contribution in [0.25, 0.3) is 0 Å². The van der Waals surface area contributed by atoms with Gasteiger partial charge in [-0.2, -0.15) is 0 Å². The van der Waals surface area contributed by atoms with Gasteiger partial charge in [-0.05, 0) is 48.3 Å². The van der Waals surface area contributed by atoms with E-state index < -0.39 is 0 Å². The van der Waals surface area contributed by atoms with E-state index in [2.05, 4.69) is 66.3 Å². The predicted octanol–water partition coefficient (Wildman–Crippen LogP) is 4.62. The van der Waals surface area contributed by atoms with E-state index in [-0.39, 0.29) is 11.3 Å². The zero-order chi connectivity index (χ0) is 20.0. The molecule has 2 aromatic rings. The number of aryl methyl sites for hydroxylation is 1. The number of rotatable bonds is 6. The minimum Gasteiger partial charge on any atom is -0.356 e. The highest BCUT2D eigenvalue weighted by molar-refractivity contribution is 5.76. The van der Waals surface area contributed by atoms with Crippen LogP contribution in [0.1, 0.15) is 63.1 Å². The summed E-state index contributed by atoms with van der Waals surface area (Å²) in [4.78, 5) is 19.3. The Morgan fingerprint density at radius 3 is 2.46 bits per heavy atom. The number of carbonyl (C=O) groups is 1. The summed E-state index contributed by atoms with van der Waals surface area (Å²) in [6, 6.07) is 12.7. The van der Waals surface area contributed by atoms with E-state index in [1.165, 1.54) is 30.4 Å². The molecule has 28 heavy (non-hydrogen) atoms. The van der Waals surface area contributed by atoms with Crippen molar-refractivity contribution in [1.29, 1.82) is 0 Å². The molecule has 150 valence electrons. The molecule has 1 aromatic heterocycles. The van der Waals surface area contributed by atoms with Gasteiger partial charge in [-0.3, -0.25) is 4.79 Å². The van der Waals surface area contributed by atoms with E-state index in [4.69, 9.17) is 0 Å². The molecule has 0 aliphatic carbocycles. The minimum absolute atomic E-state index is 0.0911. The number of nitrogens with zero attached hydrogens (tertiary/aromatic N) is 2. The Morgan fingerprint density at radius 1 is 1.07 bits per heavy atom. The topological polar surface area (TPSA) is 45.2 Å². The lowest BCUT2D eigenvalue weighted by atomic mass is 9.86. The lowest BCUT2D eigenvalue weighted by Gasteiger charge is -2.29. The maximum atomic E-state index is 12.4. The number of aromatic nitrogens is 1. The van der Waals surface area contributed by atoms with Gasteiger partial charge in [0.25, 0.3) is 0 Å². The van der Waals surface area contributed by atoms with Crippen LogP contribution in [0.15, 0.2) is 42.6 Å². The van der Waals surface area contributed by atoms with Crippen LogP contribution in [-0.4, -0.2) is 24.0 Å². The Labute approximate surface area is 169 Å². The number of hydrogen-bond donors (Lipinski definition) is 1. The highest BCUT2D eigenvalue weighted by atomic mass is 16.1. The molecule has 0 unspecified atom stereocenters. The Kier molecular flexibility index (Phi) is 6.71. The van der Waals surface area contributed by atoms with Crippen LogP contribution in [-0.2, 0) is 23.2 Å². The van der Waals surface area contributed by atoms with Crippen LogP contribution in [0, 0.1) is 0 Å². The first-order valence-corrected chi connectivity index (χ1v) is 10.5. The Bertz CT molecular complexity index is 771. The molecule has 0 bridgehead atoms. The molecule has 0 saturated carbocycles. The first-order chi connectivity index (χ1) is 13.4. The Balaban J connectivity index is 1.51. The lowest BCUT2D eigenvalue weighted by molar-refractivity contribution is -0.121. The molecule has 1 saturated heterocycles. The summed E-state index contributed by atoms with van der Waals surface area (Å²) in [5, 5.41) is 3.08. The zero-order valence-corrected chi connectivity index (χ0v) is 17.5. The fraction of sp³-hybridized carbons (Fsp3) is 0.500. The van der Waals surface area contributed by atoms with Gasteiger partial charge in [-0.1, -0.05) is 51.1 Å². The number of nitrogens with one attached hydrogen (secondary N) is 1. The van der Waals surface area contributed by atoms with E-state index in [1.807, 2.05) is 12.3 Å². The molecule has 1 fully saturated rings. The normalized spacial score (nSPS) is 14.8. The van der Waals surface area contributed by atoms with Crippen molar-refractivity contribution in [3.63, 3.8) is 0 Å². The largest absolute Gasteiger partial charge is 0.356 e. The summed E-state index contributed by atoms with van der Waals surface area (Å²) < 4.78 is 0. The lowest BCUT2D eigenvalue weighted by Crippen LogP contribution is -2.32. The van der Waals surface area contributed by atoms with Gasteiger partial charge in [-0.15, -0.1) is 0 Å². The number of pyridine rings is 1. The van der Waals surface area contributed by atoms with E-state index in [9.17, 15) is 4.79 Å². The number of hydrogen-bond acceptors (Lipinski definition) is 3. The summed E-state index contributed by atoms with van der Waals surface area (Å²) >= 11 is 0. The monoisotopic (exact) mass is 379 g/mol. The van der Waals surface area contributed by atoms with Crippen molar-refractivity contribution in [2.45, 2.75) is 64.8 Å². The summed E-state index contributed by atoms with van der Waals surface area (Å²) in [6.45, 7) is 9.30. The molecule has 0 radical (unpaired) electrons. The van der Waals surface area contributed by atoms with Crippen molar-refractivity contribution in [3.8, 4) is 0 Å². The number of amides is 1. The third-order valence-electron chi connectivity index (χ3n) is 5.46. The average Bonchev–Trinajstić information content (AvgIpc) is 2.71. The first-order valence-electron chi connectivity index (χ1n) is 10.5. The van der Waals surface area contributed by atoms with Gasteiger partial charge in [0.1, 0.15) is 5.82 Å². The number of piperidine rings is 1. The van der Waals surface area contributed by atoms with E-state index in [0.29, 0.717) is 13.0 Å². The van der Waals surface area contributed by atoms with Crippen molar-refractivity contribution >= 4 is 11.7 Å². The third-order valence-corrected chi connectivity index (χ3v) is 5.46. The average molecular weight is 380 g/mol. The quantitative estimate of drug-likeness (QED) is 0.797. The summed E-state index contributed by atoms with van der Waals surface area (Å²) in [5.74, 6) is 1.12. The molecule has 4 heteroatoms. The molecule has 1 aromatic carbocycles. The minimum atomic E-state index is 0.0911. The highest BCUT2D eigenvalue weighted by Crippen LogP contribution is 2.23. The summed E-state index contributed by atoms with van der Waals surface area (Å²) in [5.41, 5.74) is 3.79. The van der Waals surface area contributed by atoms with Gasteiger partial charge >= 0.3 is 0 Å². The molecule has 0 spiro atoms. The fourth-order valence-electron chi connectivity index (χ4n) is 3.67. The molecule has 1 aliphatic rings. The standard InChI is InChI=1S/C24H33N3O/c1-24(2,3)21-12-9-19(10-13-21)11-14-22(28)26-18-20-8-7-15-25-23(20)27-16-5-4-6-17-27/h7-10,12-13,15H,4-6,11,14,16-18H2,1-3H3,(H,26,28). The second-order valence-electron chi connectivity index (χ2n) is 8.76. The van der Waals surface area contributed by atoms with Crippen molar-refractivity contribution in [3.05, 3.63) is 59.3 Å². The second kappa shape index (κ2) is 9.22. The maximum Gasteiger partial charge on any atom is 0.220 e. The number of anilines is 1. The SMILES string of the molecule is CC(C)(C)c1ccc(CCC(=O)NCc2cccnc2N2CCCCC2)cc1. The number of benzene rings is 1. The van der Waals surface area contributed by atoms with Crippen LogP contribution in [0.4, 0.5) is 5.82 Å². The molecule has 1 amide bonds. The van der Waals surface area contributed by atoms with Crippen LogP contribution >= 0.6 is 0 Å². The van der Waals surface area contributed by atoms with Gasteiger partial charge in [0.05, 0.1) is 0 Å².